The summed E-state index contributed by atoms with van der Waals surface area (Å²) in [6, 6.07) is 9.38. The van der Waals surface area contributed by atoms with Crippen LogP contribution in [0.1, 0.15) is 18.1 Å². The van der Waals surface area contributed by atoms with Gasteiger partial charge in [-0.25, -0.2) is 18.9 Å². The molecule has 0 unspecified atom stereocenters. The van der Waals surface area contributed by atoms with Gasteiger partial charge in [0.05, 0.1) is 5.69 Å². The monoisotopic (exact) mass is 499 g/mol. The van der Waals surface area contributed by atoms with Crippen molar-refractivity contribution in [2.24, 2.45) is 0 Å². The molecule has 0 aliphatic carbocycles. The van der Waals surface area contributed by atoms with Gasteiger partial charge in [0.25, 0.3) is 15.4 Å². The van der Waals surface area contributed by atoms with E-state index in [-0.39, 0.29) is 54.2 Å². The maximum Gasteiger partial charge on any atom is 1.00 e. The predicted molar refractivity (Wildman–Crippen MR) is 121 cm³/mol. The molecule has 0 spiro atoms. The Kier molecular flexibility index (Phi) is 7.93. The number of anilines is 1. The number of benzene rings is 2. The molecule has 0 atom stereocenters. The van der Waals surface area contributed by atoms with E-state index in [4.69, 9.17) is 9.15 Å². The molecular weight excluding hydrogens is 480 g/mol. The van der Waals surface area contributed by atoms with Crippen molar-refractivity contribution >= 4 is 38.2 Å². The second-order valence-electron chi connectivity index (χ2n) is 6.82. The number of halogens is 1. The smallest absolute Gasteiger partial charge is 1.00 e. The summed E-state index contributed by atoms with van der Waals surface area (Å²) in [7, 11) is -2.68. The third kappa shape index (κ3) is 5.62. The summed E-state index contributed by atoms with van der Waals surface area (Å²) >= 11 is 1.33. The van der Waals surface area contributed by atoms with Crippen LogP contribution in [0.15, 0.2) is 57.2 Å². The molecule has 0 bridgehead atoms. The SMILES string of the molecule is CNS(=O)(=O)Nc1cccc(Cc2c(C)c3ccc(Oc4nccs4)cc3oc2=O)c1F.[H-].[Na+]. The van der Waals surface area contributed by atoms with Crippen LogP contribution in [-0.2, 0) is 16.6 Å². The molecule has 168 valence electrons. The van der Waals surface area contributed by atoms with Crippen LogP contribution in [0.4, 0.5) is 10.1 Å². The minimum atomic E-state index is -3.89. The van der Waals surface area contributed by atoms with Crippen LogP contribution < -0.4 is 49.4 Å². The first-order chi connectivity index (χ1) is 15.3. The Bertz CT molecular complexity index is 1460. The zero-order valence-corrected chi connectivity index (χ0v) is 21.6. The first kappa shape index (κ1) is 25.3. The molecule has 0 saturated carbocycles. The van der Waals surface area contributed by atoms with Crippen molar-refractivity contribution in [1.82, 2.24) is 9.71 Å². The average Bonchev–Trinajstić information content (AvgIpc) is 3.26. The number of fused-ring (bicyclic) bond motifs is 1. The number of nitrogens with one attached hydrogen (secondary N) is 2. The molecule has 4 aromatic rings. The molecule has 12 heteroatoms. The van der Waals surface area contributed by atoms with Gasteiger partial charge in [-0.3, -0.25) is 4.72 Å². The molecule has 0 aliphatic heterocycles. The second kappa shape index (κ2) is 10.3. The number of hydrogen-bond donors (Lipinski definition) is 2. The molecule has 8 nitrogen and oxygen atoms in total. The fourth-order valence-corrected chi connectivity index (χ4v) is 4.24. The van der Waals surface area contributed by atoms with Crippen LogP contribution in [0.3, 0.4) is 0 Å². The van der Waals surface area contributed by atoms with Crippen molar-refractivity contribution in [1.29, 1.82) is 0 Å². The van der Waals surface area contributed by atoms with Crippen LogP contribution in [0.25, 0.3) is 11.0 Å². The van der Waals surface area contributed by atoms with Crippen molar-refractivity contribution in [2.45, 2.75) is 13.3 Å². The van der Waals surface area contributed by atoms with E-state index in [9.17, 15) is 17.6 Å². The van der Waals surface area contributed by atoms with Crippen molar-refractivity contribution in [2.75, 3.05) is 11.8 Å². The van der Waals surface area contributed by atoms with Gasteiger partial charge in [0.2, 0.25) is 0 Å². The number of thiazole rings is 1. The van der Waals surface area contributed by atoms with Gasteiger partial charge in [0.15, 0.2) is 5.82 Å². The summed E-state index contributed by atoms with van der Waals surface area (Å²) in [5.74, 6) is -0.296. The Morgan fingerprint density at radius 2 is 2.06 bits per heavy atom. The van der Waals surface area contributed by atoms with Crippen LogP contribution in [0.2, 0.25) is 0 Å². The maximum atomic E-state index is 14.9. The first-order valence-electron chi connectivity index (χ1n) is 9.40. The number of rotatable bonds is 7. The summed E-state index contributed by atoms with van der Waals surface area (Å²) in [5.41, 5.74) is 0.572. The van der Waals surface area contributed by atoms with E-state index in [1.54, 1.807) is 36.7 Å². The molecule has 2 heterocycles. The maximum absolute atomic E-state index is 14.9. The van der Waals surface area contributed by atoms with E-state index >= 15 is 0 Å². The molecular formula is C21H19FN3NaO5S2. The average molecular weight is 500 g/mol. The molecule has 0 fully saturated rings. The normalized spacial score (nSPS) is 11.2. The standard InChI is InChI=1S/C21H18FN3O5S2.Na.H/c1-12-15-7-6-14(29-21-24-8-9-31-21)11-18(15)30-20(26)16(12)10-13-4-3-5-17(19(13)22)25-32(27,28)23-2;;/h3-9,11,23,25H,10H2,1-2H3;;/q;+1;-1. The van der Waals surface area contributed by atoms with E-state index in [0.717, 1.165) is 0 Å². The first-order valence-corrected chi connectivity index (χ1v) is 11.8. The van der Waals surface area contributed by atoms with Crippen molar-refractivity contribution in [3.63, 3.8) is 0 Å². The van der Waals surface area contributed by atoms with Crippen molar-refractivity contribution < 1.29 is 52.9 Å². The molecule has 0 saturated heterocycles. The van der Waals surface area contributed by atoms with Crippen LogP contribution in [-0.4, -0.2) is 20.4 Å². The van der Waals surface area contributed by atoms with E-state index in [1.165, 1.54) is 36.6 Å². The van der Waals surface area contributed by atoms with Gasteiger partial charge in [-0.05, 0) is 36.2 Å². The minimum Gasteiger partial charge on any atom is -1.00 e. The molecule has 33 heavy (non-hydrogen) atoms. The number of aryl methyl sites for hydroxylation is 1. The van der Waals surface area contributed by atoms with E-state index in [1.807, 2.05) is 0 Å². The van der Waals surface area contributed by atoms with Crippen LogP contribution in [0, 0.1) is 12.7 Å². The molecule has 0 aliphatic rings. The van der Waals surface area contributed by atoms with Gasteiger partial charge >= 0.3 is 35.2 Å². The number of aromatic nitrogens is 1. The Hall–Kier alpha value is -2.28. The van der Waals surface area contributed by atoms with Gasteiger partial charge < -0.3 is 10.6 Å². The number of nitrogens with zero attached hydrogens (tertiary/aromatic N) is 1. The molecule has 0 amide bonds. The molecule has 2 aromatic heterocycles. The van der Waals surface area contributed by atoms with Crippen molar-refractivity contribution in [3.8, 4) is 10.9 Å². The van der Waals surface area contributed by atoms with Gasteiger partial charge in [-0.15, -0.1) is 0 Å². The van der Waals surface area contributed by atoms with Gasteiger partial charge in [0.1, 0.15) is 11.3 Å². The second-order valence-corrected chi connectivity index (χ2v) is 9.29. The van der Waals surface area contributed by atoms with Gasteiger partial charge in [-0.2, -0.15) is 8.42 Å². The van der Waals surface area contributed by atoms with Crippen molar-refractivity contribution in [3.05, 3.63) is 80.9 Å². The predicted octanol–water partition coefficient (Wildman–Crippen LogP) is 1.07. The quantitative estimate of drug-likeness (QED) is 0.291. The summed E-state index contributed by atoms with van der Waals surface area (Å²) < 4.78 is 53.6. The summed E-state index contributed by atoms with van der Waals surface area (Å²) in [6.45, 7) is 1.75. The van der Waals surface area contributed by atoms with Crippen LogP contribution in [0.5, 0.6) is 10.9 Å². The summed E-state index contributed by atoms with van der Waals surface area (Å²) in [6.07, 6.45) is 1.55. The Morgan fingerprint density at radius 1 is 1.27 bits per heavy atom. The Labute approximate surface area is 216 Å². The largest absolute Gasteiger partial charge is 1.00 e. The zero-order chi connectivity index (χ0) is 22.9. The topological polar surface area (TPSA) is 111 Å². The molecule has 4 rings (SSSR count). The zero-order valence-electron chi connectivity index (χ0n) is 19.0. The van der Waals surface area contributed by atoms with E-state index in [0.29, 0.717) is 27.5 Å². The summed E-state index contributed by atoms with van der Waals surface area (Å²) in [4.78, 5) is 16.7. The van der Waals surface area contributed by atoms with E-state index in [2.05, 4.69) is 14.4 Å². The third-order valence-corrected chi connectivity index (χ3v) is 6.51. The fourth-order valence-electron chi connectivity index (χ4n) is 3.19. The molecule has 2 aromatic carbocycles. The minimum absolute atomic E-state index is 0. The van der Waals surface area contributed by atoms with E-state index < -0.39 is 21.7 Å². The third-order valence-electron chi connectivity index (χ3n) is 4.83. The summed E-state index contributed by atoms with van der Waals surface area (Å²) in [5, 5.41) is 2.92. The number of hydrogen-bond acceptors (Lipinski definition) is 7. The molecule has 0 radical (unpaired) electrons. The number of ether oxygens (including phenoxy) is 1. The Morgan fingerprint density at radius 3 is 2.76 bits per heavy atom. The van der Waals surface area contributed by atoms with Gasteiger partial charge in [0, 0.05) is 42.1 Å². The van der Waals surface area contributed by atoms with Crippen LogP contribution >= 0.6 is 11.3 Å². The Balaban J connectivity index is 0.00000204. The molecule has 2 N–H and O–H groups in total. The van der Waals surface area contributed by atoms with Gasteiger partial charge in [-0.1, -0.05) is 23.5 Å². The fraction of sp³-hybridized carbons (Fsp3) is 0.143.